The molecule has 3 rings (SSSR count). The van der Waals surface area contributed by atoms with Gasteiger partial charge >= 0.3 is 5.97 Å². The van der Waals surface area contributed by atoms with E-state index in [-0.39, 0.29) is 11.8 Å². The molecule has 0 unspecified atom stereocenters. The molecule has 1 aliphatic carbocycles. The number of ketones is 1. The molecule has 0 heterocycles. The van der Waals surface area contributed by atoms with E-state index in [1.165, 1.54) is 0 Å². The normalized spacial score (nSPS) is 12.0. The molecule has 3 nitrogen and oxygen atoms in total. The molecule has 0 atom stereocenters. The minimum absolute atomic E-state index is 0.0158. The van der Waals surface area contributed by atoms with Crippen LogP contribution in [0.2, 0.25) is 0 Å². The Hall–Kier alpha value is -2.42. The second-order valence-electron chi connectivity index (χ2n) is 5.33. The highest BCUT2D eigenvalue weighted by Gasteiger charge is 2.31. The monoisotopic (exact) mass is 280 g/mol. The molecule has 0 spiro atoms. The average molecular weight is 280 g/mol. The third-order valence-electron chi connectivity index (χ3n) is 3.71. The second kappa shape index (κ2) is 4.85. The molecule has 0 saturated carbocycles. The molecule has 0 aromatic heterocycles. The highest BCUT2D eigenvalue weighted by molar-refractivity contribution is 6.24. The lowest BCUT2D eigenvalue weighted by Crippen LogP contribution is -2.08. The molecule has 3 heteroatoms. The van der Waals surface area contributed by atoms with Gasteiger partial charge in [-0.25, -0.2) is 4.79 Å². The van der Waals surface area contributed by atoms with Crippen LogP contribution in [0.5, 0.6) is 0 Å². The van der Waals surface area contributed by atoms with Crippen molar-refractivity contribution in [2.24, 2.45) is 0 Å². The number of aryl methyl sites for hydroxylation is 2. The molecule has 2 aromatic rings. The zero-order valence-corrected chi connectivity index (χ0v) is 12.3. The average Bonchev–Trinajstić information content (AvgIpc) is 2.71. The van der Waals surface area contributed by atoms with Gasteiger partial charge in [-0.15, -0.1) is 0 Å². The predicted octanol–water partition coefficient (Wildman–Crippen LogP) is 3.69. The molecular formula is C18H16O3. The fourth-order valence-electron chi connectivity index (χ4n) is 2.83. The van der Waals surface area contributed by atoms with Crippen molar-refractivity contribution in [2.75, 3.05) is 6.61 Å². The van der Waals surface area contributed by atoms with Gasteiger partial charge in [-0.2, -0.15) is 0 Å². The van der Waals surface area contributed by atoms with Gasteiger partial charge in [0.15, 0.2) is 5.78 Å². The van der Waals surface area contributed by atoms with Gasteiger partial charge in [0.05, 0.1) is 12.2 Å². The van der Waals surface area contributed by atoms with E-state index in [2.05, 4.69) is 0 Å². The Bertz CT molecular complexity index is 772. The molecule has 0 aliphatic heterocycles. The van der Waals surface area contributed by atoms with Crippen LogP contribution in [-0.2, 0) is 4.74 Å². The van der Waals surface area contributed by atoms with Gasteiger partial charge in [-0.05, 0) is 50.1 Å². The first-order valence-electron chi connectivity index (χ1n) is 7.00. The maximum atomic E-state index is 12.6. The van der Waals surface area contributed by atoms with Crippen LogP contribution >= 0.6 is 0 Å². The van der Waals surface area contributed by atoms with Crippen molar-refractivity contribution < 1.29 is 14.3 Å². The van der Waals surface area contributed by atoms with Crippen LogP contribution in [0.4, 0.5) is 0 Å². The SMILES string of the molecule is CCOC(=O)c1cc(C)cc2c1-c1ccc(C)cc1C2=O. The van der Waals surface area contributed by atoms with E-state index in [0.717, 1.165) is 16.7 Å². The summed E-state index contributed by atoms with van der Waals surface area (Å²) in [6.07, 6.45) is 0. The summed E-state index contributed by atoms with van der Waals surface area (Å²) in [5.74, 6) is -0.392. The standard InChI is InChI=1S/C18H16O3/c1-4-21-18(20)15-9-11(3)8-14-16(15)12-6-5-10(2)7-13(12)17(14)19/h5-9H,4H2,1-3H3. The van der Waals surface area contributed by atoms with E-state index in [1.54, 1.807) is 13.0 Å². The van der Waals surface area contributed by atoms with Crippen molar-refractivity contribution in [2.45, 2.75) is 20.8 Å². The summed E-state index contributed by atoms with van der Waals surface area (Å²) >= 11 is 0. The summed E-state index contributed by atoms with van der Waals surface area (Å²) in [5.41, 5.74) is 5.18. The van der Waals surface area contributed by atoms with Crippen LogP contribution in [0.1, 0.15) is 44.3 Å². The van der Waals surface area contributed by atoms with Gasteiger partial charge in [-0.3, -0.25) is 4.79 Å². The van der Waals surface area contributed by atoms with Crippen molar-refractivity contribution in [3.05, 3.63) is 58.1 Å². The zero-order valence-electron chi connectivity index (χ0n) is 12.3. The molecule has 0 bridgehead atoms. The van der Waals surface area contributed by atoms with Crippen LogP contribution in [-0.4, -0.2) is 18.4 Å². The zero-order chi connectivity index (χ0) is 15.1. The number of esters is 1. The van der Waals surface area contributed by atoms with E-state index in [1.807, 2.05) is 38.1 Å². The van der Waals surface area contributed by atoms with Gasteiger partial charge in [0.2, 0.25) is 0 Å². The fraction of sp³-hybridized carbons (Fsp3) is 0.222. The molecule has 2 aromatic carbocycles. The van der Waals surface area contributed by atoms with Crippen molar-refractivity contribution in [3.8, 4) is 11.1 Å². The van der Waals surface area contributed by atoms with Gasteiger partial charge in [0.25, 0.3) is 0 Å². The lowest BCUT2D eigenvalue weighted by Gasteiger charge is -2.09. The second-order valence-corrected chi connectivity index (χ2v) is 5.33. The first-order valence-corrected chi connectivity index (χ1v) is 7.00. The van der Waals surface area contributed by atoms with Crippen LogP contribution in [0.15, 0.2) is 30.3 Å². The van der Waals surface area contributed by atoms with Gasteiger partial charge in [0, 0.05) is 16.7 Å². The molecule has 0 N–H and O–H groups in total. The van der Waals surface area contributed by atoms with Crippen molar-refractivity contribution in [1.29, 1.82) is 0 Å². The van der Waals surface area contributed by atoms with Crippen LogP contribution in [0.25, 0.3) is 11.1 Å². The molecule has 0 amide bonds. The first-order chi connectivity index (χ1) is 10.0. The van der Waals surface area contributed by atoms with Crippen molar-refractivity contribution >= 4 is 11.8 Å². The number of benzene rings is 2. The maximum Gasteiger partial charge on any atom is 0.338 e. The van der Waals surface area contributed by atoms with Crippen LogP contribution in [0, 0.1) is 13.8 Å². The summed E-state index contributed by atoms with van der Waals surface area (Å²) in [6, 6.07) is 9.37. The number of carbonyl (C=O) groups is 2. The van der Waals surface area contributed by atoms with E-state index >= 15 is 0 Å². The Kier molecular flexibility index (Phi) is 3.13. The fourth-order valence-corrected chi connectivity index (χ4v) is 2.83. The summed E-state index contributed by atoms with van der Waals surface area (Å²) < 4.78 is 5.13. The topological polar surface area (TPSA) is 43.4 Å². The Labute approximate surface area is 123 Å². The number of hydrogen-bond acceptors (Lipinski definition) is 3. The van der Waals surface area contributed by atoms with Gasteiger partial charge in [-0.1, -0.05) is 17.7 Å². The lowest BCUT2D eigenvalue weighted by atomic mass is 9.97. The highest BCUT2D eigenvalue weighted by atomic mass is 16.5. The summed E-state index contributed by atoms with van der Waals surface area (Å²) in [7, 11) is 0. The molecule has 106 valence electrons. The van der Waals surface area contributed by atoms with Crippen LogP contribution < -0.4 is 0 Å². The summed E-state index contributed by atoms with van der Waals surface area (Å²) in [4.78, 5) is 24.8. The largest absolute Gasteiger partial charge is 0.462 e. The van der Waals surface area contributed by atoms with E-state index < -0.39 is 0 Å². The minimum Gasteiger partial charge on any atom is -0.462 e. The third-order valence-corrected chi connectivity index (χ3v) is 3.71. The predicted molar refractivity (Wildman–Crippen MR) is 80.7 cm³/mol. The smallest absolute Gasteiger partial charge is 0.338 e. The quantitative estimate of drug-likeness (QED) is 0.672. The summed E-state index contributed by atoms with van der Waals surface area (Å²) in [5, 5.41) is 0. The summed E-state index contributed by atoms with van der Waals surface area (Å²) in [6.45, 7) is 5.92. The first kappa shape index (κ1) is 13.6. The number of fused-ring (bicyclic) bond motifs is 3. The number of ether oxygens (including phenoxy) is 1. The van der Waals surface area contributed by atoms with Gasteiger partial charge < -0.3 is 4.74 Å². The molecule has 0 saturated heterocycles. The number of carbonyl (C=O) groups excluding carboxylic acids is 2. The minimum atomic E-state index is -0.376. The number of hydrogen-bond donors (Lipinski definition) is 0. The van der Waals surface area contributed by atoms with E-state index in [0.29, 0.717) is 28.9 Å². The van der Waals surface area contributed by atoms with Gasteiger partial charge in [0.1, 0.15) is 0 Å². The highest BCUT2D eigenvalue weighted by Crippen LogP contribution is 2.40. The Balaban J connectivity index is 2.29. The van der Waals surface area contributed by atoms with E-state index in [9.17, 15) is 9.59 Å². The molecule has 0 radical (unpaired) electrons. The van der Waals surface area contributed by atoms with Crippen molar-refractivity contribution in [3.63, 3.8) is 0 Å². The molecule has 0 fully saturated rings. The lowest BCUT2D eigenvalue weighted by molar-refractivity contribution is 0.0527. The van der Waals surface area contributed by atoms with Crippen LogP contribution in [0.3, 0.4) is 0 Å². The van der Waals surface area contributed by atoms with E-state index in [4.69, 9.17) is 4.74 Å². The molecule has 21 heavy (non-hydrogen) atoms. The third kappa shape index (κ3) is 2.05. The Morgan fingerprint density at radius 3 is 2.43 bits per heavy atom. The molecule has 1 aliphatic rings. The molecular weight excluding hydrogens is 264 g/mol. The number of rotatable bonds is 2. The Morgan fingerprint density at radius 1 is 1.00 bits per heavy atom. The Morgan fingerprint density at radius 2 is 1.71 bits per heavy atom. The van der Waals surface area contributed by atoms with Crippen molar-refractivity contribution in [1.82, 2.24) is 0 Å². The maximum absolute atomic E-state index is 12.6.